The highest BCUT2D eigenvalue weighted by Crippen LogP contribution is 2.19. The van der Waals surface area contributed by atoms with Crippen LogP contribution >= 0.6 is 0 Å². The average molecular weight is 272 g/mol. The summed E-state index contributed by atoms with van der Waals surface area (Å²) in [5, 5.41) is 0. The lowest BCUT2D eigenvalue weighted by Crippen LogP contribution is -2.36. The molecule has 1 aromatic rings. The van der Waals surface area contributed by atoms with Gasteiger partial charge < -0.3 is 9.64 Å². The van der Waals surface area contributed by atoms with E-state index in [1.807, 2.05) is 24.3 Å². The molecule has 0 radical (unpaired) electrons. The second-order valence-electron chi connectivity index (χ2n) is 4.87. The third-order valence-corrected chi connectivity index (χ3v) is 3.53. The van der Waals surface area contributed by atoms with Crippen LogP contribution in [0.15, 0.2) is 36.4 Å². The predicted octanol–water partition coefficient (Wildman–Crippen LogP) is 0.948. The molecule has 2 aliphatic heterocycles. The van der Waals surface area contributed by atoms with E-state index in [1.165, 1.54) is 17.1 Å². The van der Waals surface area contributed by atoms with Crippen LogP contribution in [0, 0.1) is 0 Å². The molecule has 5 heteroatoms. The molecule has 20 heavy (non-hydrogen) atoms. The SMILES string of the molecule is O=C1C=CC(=O)N1Cc1cccc(N2CCOCC2)c1. The number of benzene rings is 1. The van der Waals surface area contributed by atoms with Gasteiger partial charge >= 0.3 is 0 Å². The molecule has 1 aromatic carbocycles. The Morgan fingerprint density at radius 3 is 2.45 bits per heavy atom. The summed E-state index contributed by atoms with van der Waals surface area (Å²) in [4.78, 5) is 26.6. The quantitative estimate of drug-likeness (QED) is 0.769. The second kappa shape index (κ2) is 5.46. The van der Waals surface area contributed by atoms with E-state index < -0.39 is 0 Å². The highest BCUT2D eigenvalue weighted by Gasteiger charge is 2.23. The van der Waals surface area contributed by atoms with Gasteiger partial charge in [-0.2, -0.15) is 0 Å². The first-order valence-electron chi connectivity index (χ1n) is 6.69. The summed E-state index contributed by atoms with van der Waals surface area (Å²) in [5.41, 5.74) is 2.07. The molecule has 2 heterocycles. The number of nitrogens with zero attached hydrogens (tertiary/aromatic N) is 2. The van der Waals surface area contributed by atoms with Crippen molar-refractivity contribution in [2.45, 2.75) is 6.54 Å². The van der Waals surface area contributed by atoms with E-state index >= 15 is 0 Å². The lowest BCUT2D eigenvalue weighted by molar-refractivity contribution is -0.137. The van der Waals surface area contributed by atoms with Crippen molar-refractivity contribution in [3.8, 4) is 0 Å². The summed E-state index contributed by atoms with van der Waals surface area (Å²) < 4.78 is 5.34. The lowest BCUT2D eigenvalue weighted by atomic mass is 10.1. The maximum atomic E-state index is 11.6. The van der Waals surface area contributed by atoms with E-state index in [0.717, 1.165) is 37.6 Å². The summed E-state index contributed by atoms with van der Waals surface area (Å²) in [5.74, 6) is -0.487. The summed E-state index contributed by atoms with van der Waals surface area (Å²) in [7, 11) is 0. The third-order valence-electron chi connectivity index (χ3n) is 3.53. The molecule has 0 unspecified atom stereocenters. The molecule has 0 bridgehead atoms. The molecular weight excluding hydrogens is 256 g/mol. The van der Waals surface area contributed by atoms with Gasteiger partial charge in [0.25, 0.3) is 11.8 Å². The minimum atomic E-state index is -0.244. The highest BCUT2D eigenvalue weighted by atomic mass is 16.5. The van der Waals surface area contributed by atoms with Crippen molar-refractivity contribution in [3.63, 3.8) is 0 Å². The topological polar surface area (TPSA) is 49.9 Å². The van der Waals surface area contributed by atoms with Crippen LogP contribution in [-0.2, 0) is 20.9 Å². The van der Waals surface area contributed by atoms with Crippen LogP contribution in [0.5, 0.6) is 0 Å². The molecule has 0 spiro atoms. The zero-order valence-electron chi connectivity index (χ0n) is 11.1. The Kier molecular flexibility index (Phi) is 3.52. The summed E-state index contributed by atoms with van der Waals surface area (Å²) >= 11 is 0. The summed E-state index contributed by atoms with van der Waals surface area (Å²) in [6.45, 7) is 3.52. The number of rotatable bonds is 3. The number of amides is 2. The molecule has 5 nitrogen and oxygen atoms in total. The van der Waals surface area contributed by atoms with E-state index in [9.17, 15) is 9.59 Å². The molecule has 1 saturated heterocycles. The van der Waals surface area contributed by atoms with E-state index in [2.05, 4.69) is 4.90 Å². The fraction of sp³-hybridized carbons (Fsp3) is 0.333. The molecule has 1 fully saturated rings. The van der Waals surface area contributed by atoms with E-state index in [4.69, 9.17) is 4.74 Å². The standard InChI is InChI=1S/C15H16N2O3/c18-14-4-5-15(19)17(14)11-12-2-1-3-13(10-12)16-6-8-20-9-7-16/h1-5,10H,6-9,11H2. The lowest BCUT2D eigenvalue weighted by Gasteiger charge is -2.29. The first-order chi connectivity index (χ1) is 9.74. The van der Waals surface area contributed by atoms with Gasteiger partial charge in [-0.1, -0.05) is 12.1 Å². The molecule has 2 aliphatic rings. The number of carbonyl (C=O) groups excluding carboxylic acids is 2. The van der Waals surface area contributed by atoms with Crippen LogP contribution in [-0.4, -0.2) is 43.0 Å². The largest absolute Gasteiger partial charge is 0.378 e. The Labute approximate surface area is 117 Å². The number of imide groups is 1. The number of carbonyl (C=O) groups is 2. The van der Waals surface area contributed by atoms with Crippen molar-refractivity contribution in [1.29, 1.82) is 0 Å². The second-order valence-corrected chi connectivity index (χ2v) is 4.87. The van der Waals surface area contributed by atoms with Gasteiger partial charge in [-0.25, -0.2) is 0 Å². The van der Waals surface area contributed by atoms with E-state index in [-0.39, 0.29) is 11.8 Å². The Bertz CT molecular complexity index is 544. The summed E-state index contributed by atoms with van der Waals surface area (Å²) in [6, 6.07) is 7.96. The fourth-order valence-electron chi connectivity index (χ4n) is 2.44. The van der Waals surface area contributed by atoms with Crippen molar-refractivity contribution < 1.29 is 14.3 Å². The highest BCUT2D eigenvalue weighted by molar-refractivity contribution is 6.12. The smallest absolute Gasteiger partial charge is 0.253 e. The minimum Gasteiger partial charge on any atom is -0.378 e. The predicted molar refractivity (Wildman–Crippen MR) is 74.2 cm³/mol. The van der Waals surface area contributed by atoms with Gasteiger partial charge in [-0.3, -0.25) is 14.5 Å². The van der Waals surface area contributed by atoms with Crippen LogP contribution in [0.3, 0.4) is 0 Å². The molecule has 0 aromatic heterocycles. The van der Waals surface area contributed by atoms with E-state index in [0.29, 0.717) is 6.54 Å². The van der Waals surface area contributed by atoms with E-state index in [1.54, 1.807) is 0 Å². The van der Waals surface area contributed by atoms with Crippen LogP contribution in [0.25, 0.3) is 0 Å². The van der Waals surface area contributed by atoms with Gasteiger partial charge in [-0.15, -0.1) is 0 Å². The van der Waals surface area contributed by atoms with Crippen molar-refractivity contribution in [3.05, 3.63) is 42.0 Å². The molecule has 2 amide bonds. The van der Waals surface area contributed by atoms with Crippen molar-refractivity contribution in [2.24, 2.45) is 0 Å². The molecule has 0 aliphatic carbocycles. The number of anilines is 1. The van der Waals surface area contributed by atoms with Gasteiger partial charge in [0.1, 0.15) is 0 Å². The van der Waals surface area contributed by atoms with Crippen LogP contribution in [0.4, 0.5) is 5.69 Å². The minimum absolute atomic E-state index is 0.244. The molecule has 0 atom stereocenters. The first-order valence-corrected chi connectivity index (χ1v) is 6.69. The Morgan fingerprint density at radius 2 is 1.75 bits per heavy atom. The zero-order valence-corrected chi connectivity index (χ0v) is 11.1. The van der Waals surface area contributed by atoms with Gasteiger partial charge in [0.05, 0.1) is 19.8 Å². The average Bonchev–Trinajstić information content (AvgIpc) is 2.80. The van der Waals surface area contributed by atoms with Crippen molar-refractivity contribution in [1.82, 2.24) is 4.90 Å². The first kappa shape index (κ1) is 12.9. The Hall–Kier alpha value is -2.14. The van der Waals surface area contributed by atoms with Crippen LogP contribution in [0.1, 0.15) is 5.56 Å². The van der Waals surface area contributed by atoms with Crippen molar-refractivity contribution >= 4 is 17.5 Å². The Morgan fingerprint density at radius 1 is 1.05 bits per heavy atom. The van der Waals surface area contributed by atoms with Crippen molar-refractivity contribution in [2.75, 3.05) is 31.2 Å². The fourth-order valence-corrected chi connectivity index (χ4v) is 2.44. The maximum Gasteiger partial charge on any atom is 0.253 e. The van der Waals surface area contributed by atoms with Gasteiger partial charge in [-0.05, 0) is 17.7 Å². The number of morpholine rings is 1. The molecule has 3 rings (SSSR count). The van der Waals surface area contributed by atoms with Gasteiger partial charge in [0, 0.05) is 30.9 Å². The van der Waals surface area contributed by atoms with Crippen LogP contribution < -0.4 is 4.90 Å². The molecule has 104 valence electrons. The number of hydrogen-bond donors (Lipinski definition) is 0. The van der Waals surface area contributed by atoms with Gasteiger partial charge in [0.15, 0.2) is 0 Å². The zero-order chi connectivity index (χ0) is 13.9. The summed E-state index contributed by atoms with van der Waals surface area (Å²) in [6.07, 6.45) is 2.63. The Balaban J connectivity index is 1.74. The molecule has 0 N–H and O–H groups in total. The monoisotopic (exact) mass is 272 g/mol. The van der Waals surface area contributed by atoms with Gasteiger partial charge in [0.2, 0.25) is 0 Å². The third kappa shape index (κ3) is 2.58. The maximum absolute atomic E-state index is 11.6. The number of hydrogen-bond acceptors (Lipinski definition) is 4. The number of ether oxygens (including phenoxy) is 1. The molecule has 0 saturated carbocycles. The molecular formula is C15H16N2O3. The normalized spacial score (nSPS) is 19.0. The van der Waals surface area contributed by atoms with Crippen LogP contribution in [0.2, 0.25) is 0 Å².